The molecule has 0 aromatic rings. The summed E-state index contributed by atoms with van der Waals surface area (Å²) in [6.07, 6.45) is 3.46. The Kier molecular flexibility index (Phi) is 5.05. The molecule has 1 aliphatic rings. The van der Waals surface area contributed by atoms with Gasteiger partial charge in [0.1, 0.15) is 6.04 Å². The smallest absolute Gasteiger partial charge is 0.320 e. The van der Waals surface area contributed by atoms with Gasteiger partial charge in [-0.25, -0.2) is 0 Å². The van der Waals surface area contributed by atoms with E-state index >= 15 is 0 Å². The first-order valence-corrected chi connectivity index (χ1v) is 5.76. The minimum Gasteiger partial charge on any atom is -0.480 e. The molecular formula is C11H21NO3. The topological polar surface area (TPSA) is 60.8 Å². The zero-order chi connectivity index (χ0) is 11.3. The third-order valence-corrected chi connectivity index (χ3v) is 3.20. The van der Waals surface area contributed by atoms with Crippen LogP contribution >= 0.6 is 0 Å². The number of hydrogen-bond acceptors (Lipinski definition) is 3. The van der Waals surface area contributed by atoms with Gasteiger partial charge in [0.25, 0.3) is 0 Å². The summed E-state index contributed by atoms with van der Waals surface area (Å²) in [5.74, 6) is -0.336. The second kappa shape index (κ2) is 6.08. The fraction of sp³-hybridized carbons (Fsp3) is 0.909. The average Bonchev–Trinajstić information content (AvgIpc) is 2.26. The Labute approximate surface area is 90.9 Å². The zero-order valence-corrected chi connectivity index (χ0v) is 9.35. The van der Waals surface area contributed by atoms with Crippen molar-refractivity contribution in [2.45, 2.75) is 38.6 Å². The Morgan fingerprint density at radius 2 is 2.07 bits per heavy atom. The first-order valence-electron chi connectivity index (χ1n) is 5.76. The van der Waals surface area contributed by atoms with Gasteiger partial charge in [0.2, 0.25) is 0 Å². The van der Waals surface area contributed by atoms with Gasteiger partial charge in [0.05, 0.1) is 0 Å². The van der Waals surface area contributed by atoms with Crippen LogP contribution in [0.5, 0.6) is 0 Å². The Morgan fingerprint density at radius 1 is 1.47 bits per heavy atom. The Balaban J connectivity index is 2.45. The molecule has 1 aliphatic heterocycles. The largest absolute Gasteiger partial charge is 0.480 e. The number of carbonyl (C=O) groups is 1. The Hall–Kier alpha value is -0.610. The van der Waals surface area contributed by atoms with Crippen molar-refractivity contribution in [1.29, 1.82) is 0 Å². The fourth-order valence-electron chi connectivity index (χ4n) is 2.18. The lowest BCUT2D eigenvalue weighted by Gasteiger charge is -2.35. The van der Waals surface area contributed by atoms with E-state index in [1.165, 1.54) is 0 Å². The van der Waals surface area contributed by atoms with E-state index in [0.717, 1.165) is 38.8 Å². The molecule has 2 N–H and O–H groups in total. The molecule has 1 rings (SSSR count). The highest BCUT2D eigenvalue weighted by molar-refractivity contribution is 5.73. The van der Waals surface area contributed by atoms with Crippen LogP contribution < -0.4 is 0 Å². The molecule has 0 saturated carbocycles. The van der Waals surface area contributed by atoms with E-state index in [1.807, 2.05) is 11.8 Å². The van der Waals surface area contributed by atoms with Crippen molar-refractivity contribution in [2.24, 2.45) is 5.92 Å². The van der Waals surface area contributed by atoms with Crippen LogP contribution in [-0.4, -0.2) is 46.8 Å². The molecule has 15 heavy (non-hydrogen) atoms. The maximum Gasteiger partial charge on any atom is 0.320 e. The van der Waals surface area contributed by atoms with E-state index in [2.05, 4.69) is 0 Å². The minimum absolute atomic E-state index is 0.235. The molecule has 0 aliphatic carbocycles. The van der Waals surface area contributed by atoms with E-state index in [-0.39, 0.29) is 12.6 Å². The van der Waals surface area contributed by atoms with Crippen molar-refractivity contribution < 1.29 is 15.0 Å². The second-order valence-electron chi connectivity index (χ2n) is 4.30. The first kappa shape index (κ1) is 12.5. The van der Waals surface area contributed by atoms with Gasteiger partial charge in [0.15, 0.2) is 0 Å². The number of aliphatic carboxylic acids is 1. The third kappa shape index (κ3) is 3.47. The lowest BCUT2D eigenvalue weighted by atomic mass is 9.96. The molecule has 0 spiro atoms. The van der Waals surface area contributed by atoms with E-state index < -0.39 is 5.97 Å². The van der Waals surface area contributed by atoms with Gasteiger partial charge in [-0.2, -0.15) is 0 Å². The summed E-state index contributed by atoms with van der Waals surface area (Å²) in [7, 11) is 0. The van der Waals surface area contributed by atoms with Gasteiger partial charge in [-0.1, -0.05) is 13.3 Å². The van der Waals surface area contributed by atoms with Crippen molar-refractivity contribution in [3.63, 3.8) is 0 Å². The van der Waals surface area contributed by atoms with Gasteiger partial charge in [-0.3, -0.25) is 9.69 Å². The van der Waals surface area contributed by atoms with Crippen LogP contribution in [0.25, 0.3) is 0 Å². The summed E-state index contributed by atoms with van der Waals surface area (Å²) in [6, 6.07) is -0.324. The maximum atomic E-state index is 11.0. The molecule has 1 unspecified atom stereocenters. The van der Waals surface area contributed by atoms with Crippen LogP contribution in [0.4, 0.5) is 0 Å². The minimum atomic E-state index is -0.709. The molecule has 0 radical (unpaired) electrons. The van der Waals surface area contributed by atoms with Gasteiger partial charge in [-0.05, 0) is 38.3 Å². The van der Waals surface area contributed by atoms with Crippen molar-refractivity contribution in [1.82, 2.24) is 4.90 Å². The summed E-state index contributed by atoms with van der Waals surface area (Å²) in [5.41, 5.74) is 0. The Morgan fingerprint density at radius 3 is 2.47 bits per heavy atom. The predicted molar refractivity (Wildman–Crippen MR) is 57.7 cm³/mol. The first-order chi connectivity index (χ1) is 7.19. The molecule has 4 heteroatoms. The van der Waals surface area contributed by atoms with E-state index in [9.17, 15) is 4.79 Å². The molecule has 0 aromatic heterocycles. The number of likely N-dealkylation sites (tertiary alicyclic amines) is 1. The number of aliphatic hydroxyl groups excluding tert-OH is 1. The number of hydrogen-bond donors (Lipinski definition) is 2. The van der Waals surface area contributed by atoms with E-state index in [4.69, 9.17) is 10.2 Å². The molecule has 0 bridgehead atoms. The predicted octanol–water partition coefficient (Wildman–Crippen LogP) is 0.944. The molecule has 4 nitrogen and oxygen atoms in total. The lowest BCUT2D eigenvalue weighted by Crippen LogP contribution is -2.46. The molecule has 0 amide bonds. The summed E-state index contributed by atoms with van der Waals surface area (Å²) in [4.78, 5) is 13.1. The van der Waals surface area contributed by atoms with Gasteiger partial charge < -0.3 is 10.2 Å². The quantitative estimate of drug-likeness (QED) is 0.716. The molecule has 1 saturated heterocycles. The SMILES string of the molecule is CCCC(C(=O)O)N1CCC(CO)CC1. The summed E-state index contributed by atoms with van der Waals surface area (Å²) in [6.45, 7) is 3.86. The summed E-state index contributed by atoms with van der Waals surface area (Å²) < 4.78 is 0. The van der Waals surface area contributed by atoms with Crippen molar-refractivity contribution in [2.75, 3.05) is 19.7 Å². The fourth-order valence-corrected chi connectivity index (χ4v) is 2.18. The molecule has 1 fully saturated rings. The monoisotopic (exact) mass is 215 g/mol. The highest BCUT2D eigenvalue weighted by Crippen LogP contribution is 2.20. The number of aliphatic hydroxyl groups is 1. The van der Waals surface area contributed by atoms with Crippen LogP contribution in [-0.2, 0) is 4.79 Å². The molecule has 88 valence electrons. The third-order valence-electron chi connectivity index (χ3n) is 3.20. The second-order valence-corrected chi connectivity index (χ2v) is 4.30. The van der Waals surface area contributed by atoms with Crippen LogP contribution in [0.2, 0.25) is 0 Å². The van der Waals surface area contributed by atoms with Gasteiger partial charge in [-0.15, -0.1) is 0 Å². The van der Waals surface area contributed by atoms with E-state index in [1.54, 1.807) is 0 Å². The highest BCUT2D eigenvalue weighted by atomic mass is 16.4. The number of piperidine rings is 1. The van der Waals surface area contributed by atoms with Crippen LogP contribution in [0.15, 0.2) is 0 Å². The normalized spacial score (nSPS) is 21.5. The van der Waals surface area contributed by atoms with Crippen LogP contribution in [0.1, 0.15) is 32.6 Å². The number of nitrogens with zero attached hydrogens (tertiary/aromatic N) is 1. The zero-order valence-electron chi connectivity index (χ0n) is 9.35. The van der Waals surface area contributed by atoms with Crippen molar-refractivity contribution in [3.8, 4) is 0 Å². The standard InChI is InChI=1S/C11H21NO3/c1-2-3-10(11(14)15)12-6-4-9(8-13)5-7-12/h9-10,13H,2-8H2,1H3,(H,14,15). The molecular weight excluding hydrogens is 194 g/mol. The van der Waals surface area contributed by atoms with Gasteiger partial charge in [0, 0.05) is 6.61 Å². The molecule has 1 atom stereocenters. The number of carboxylic acid groups (broad SMARTS) is 1. The maximum absolute atomic E-state index is 11.0. The molecule has 0 aromatic carbocycles. The average molecular weight is 215 g/mol. The Bertz CT molecular complexity index is 200. The summed E-state index contributed by atoms with van der Waals surface area (Å²) in [5, 5.41) is 18.1. The van der Waals surface area contributed by atoms with Gasteiger partial charge >= 0.3 is 5.97 Å². The summed E-state index contributed by atoms with van der Waals surface area (Å²) >= 11 is 0. The lowest BCUT2D eigenvalue weighted by molar-refractivity contribution is -0.144. The van der Waals surface area contributed by atoms with E-state index in [0.29, 0.717) is 5.92 Å². The van der Waals surface area contributed by atoms with Crippen molar-refractivity contribution in [3.05, 3.63) is 0 Å². The van der Waals surface area contributed by atoms with Crippen LogP contribution in [0.3, 0.4) is 0 Å². The number of rotatable bonds is 5. The van der Waals surface area contributed by atoms with Crippen molar-refractivity contribution >= 4 is 5.97 Å². The number of carboxylic acids is 1. The highest BCUT2D eigenvalue weighted by Gasteiger charge is 2.28. The van der Waals surface area contributed by atoms with Crippen LogP contribution in [0, 0.1) is 5.92 Å². The molecule has 1 heterocycles.